The summed E-state index contributed by atoms with van der Waals surface area (Å²) >= 11 is 1.76. The smallest absolute Gasteiger partial charge is 0.131 e. The summed E-state index contributed by atoms with van der Waals surface area (Å²) in [6.45, 7) is 5.13. The number of benzene rings is 1. The maximum absolute atomic E-state index is 4.45. The summed E-state index contributed by atoms with van der Waals surface area (Å²) in [4.78, 5) is 0. The van der Waals surface area contributed by atoms with Crippen molar-refractivity contribution < 1.29 is 0 Å². The summed E-state index contributed by atoms with van der Waals surface area (Å²) in [7, 11) is 0. The lowest BCUT2D eigenvalue weighted by molar-refractivity contribution is 0.583. The molecule has 1 aliphatic carbocycles. The minimum Gasteiger partial charge on any atom is -0.308 e. The lowest BCUT2D eigenvalue weighted by Gasteiger charge is -2.23. The third-order valence-corrected chi connectivity index (χ3v) is 4.85. The highest BCUT2D eigenvalue weighted by atomic mass is 32.1. The molecule has 1 heterocycles. The lowest BCUT2D eigenvalue weighted by atomic mass is 9.83. The van der Waals surface area contributed by atoms with E-state index in [2.05, 4.69) is 53.6 Å². The van der Waals surface area contributed by atoms with Gasteiger partial charge in [0.25, 0.3) is 0 Å². The fourth-order valence-electron chi connectivity index (χ4n) is 2.78. The number of rotatable bonds is 4. The van der Waals surface area contributed by atoms with Crippen LogP contribution in [0, 0.1) is 0 Å². The first-order valence-corrected chi connectivity index (χ1v) is 8.19. The molecule has 106 valence electrons. The van der Waals surface area contributed by atoms with Gasteiger partial charge in [0.2, 0.25) is 0 Å². The van der Waals surface area contributed by atoms with Gasteiger partial charge in [-0.05, 0) is 30.4 Å². The maximum Gasteiger partial charge on any atom is 0.131 e. The Morgan fingerprint density at radius 3 is 3.00 bits per heavy atom. The molecule has 0 amide bonds. The van der Waals surface area contributed by atoms with Crippen molar-refractivity contribution >= 4 is 11.3 Å². The molecule has 1 unspecified atom stereocenters. The Morgan fingerprint density at radius 2 is 2.15 bits per heavy atom. The van der Waals surface area contributed by atoms with Crippen LogP contribution in [0.2, 0.25) is 0 Å². The van der Waals surface area contributed by atoms with E-state index in [1.807, 2.05) is 0 Å². The van der Waals surface area contributed by atoms with Crippen LogP contribution in [0.4, 0.5) is 0 Å². The third-order valence-electron chi connectivity index (χ3n) is 3.81. The average Bonchev–Trinajstić information content (AvgIpc) is 2.93. The second kappa shape index (κ2) is 6.02. The van der Waals surface area contributed by atoms with Crippen molar-refractivity contribution in [3.05, 3.63) is 45.4 Å². The van der Waals surface area contributed by atoms with Crippen LogP contribution >= 0.6 is 11.3 Å². The van der Waals surface area contributed by atoms with E-state index in [1.54, 1.807) is 11.3 Å². The average molecular weight is 287 g/mol. The molecule has 1 aromatic carbocycles. The van der Waals surface area contributed by atoms with Crippen molar-refractivity contribution in [3.8, 4) is 0 Å². The van der Waals surface area contributed by atoms with Crippen LogP contribution in [-0.2, 0) is 13.0 Å². The molecule has 4 heteroatoms. The van der Waals surface area contributed by atoms with Crippen LogP contribution in [-0.4, -0.2) is 16.2 Å². The van der Waals surface area contributed by atoms with Crippen LogP contribution in [0.1, 0.15) is 53.7 Å². The van der Waals surface area contributed by atoms with Crippen LogP contribution in [0.25, 0.3) is 0 Å². The highest BCUT2D eigenvalue weighted by Gasteiger charge is 2.24. The highest BCUT2D eigenvalue weighted by Crippen LogP contribution is 2.37. The van der Waals surface area contributed by atoms with Gasteiger partial charge in [-0.3, -0.25) is 0 Å². The molecule has 1 N–H and O–H groups in total. The zero-order valence-electron chi connectivity index (χ0n) is 12.1. The van der Waals surface area contributed by atoms with E-state index in [9.17, 15) is 0 Å². The zero-order chi connectivity index (χ0) is 13.9. The van der Waals surface area contributed by atoms with Gasteiger partial charge in [0.1, 0.15) is 10.0 Å². The van der Waals surface area contributed by atoms with Crippen molar-refractivity contribution in [3.63, 3.8) is 0 Å². The fourth-order valence-corrected chi connectivity index (χ4v) is 3.73. The second-order valence-electron chi connectivity index (χ2n) is 5.71. The predicted octanol–water partition coefficient (Wildman–Crippen LogP) is 3.50. The number of fused-ring (bicyclic) bond motifs is 1. The van der Waals surface area contributed by atoms with E-state index in [1.165, 1.54) is 35.4 Å². The van der Waals surface area contributed by atoms with Gasteiger partial charge in [0, 0.05) is 18.5 Å². The Kier molecular flexibility index (Phi) is 4.13. The molecular weight excluding hydrogens is 266 g/mol. The molecule has 0 fully saturated rings. The van der Waals surface area contributed by atoms with E-state index in [-0.39, 0.29) is 0 Å². The summed E-state index contributed by atoms with van der Waals surface area (Å²) < 4.78 is 0. The van der Waals surface area contributed by atoms with Crippen molar-refractivity contribution in [1.82, 2.24) is 15.5 Å². The molecule has 0 spiro atoms. The molecule has 0 saturated heterocycles. The van der Waals surface area contributed by atoms with Crippen molar-refractivity contribution in [2.45, 2.75) is 51.6 Å². The van der Waals surface area contributed by atoms with Gasteiger partial charge in [-0.2, -0.15) is 0 Å². The minimum atomic E-state index is 0.449. The number of hydrogen-bond acceptors (Lipinski definition) is 4. The van der Waals surface area contributed by atoms with E-state index in [0.29, 0.717) is 12.0 Å². The maximum atomic E-state index is 4.45. The van der Waals surface area contributed by atoms with Crippen molar-refractivity contribution in [2.75, 3.05) is 0 Å². The normalized spacial score (nSPS) is 18.2. The quantitative estimate of drug-likeness (QED) is 0.935. The van der Waals surface area contributed by atoms with Crippen LogP contribution in [0.15, 0.2) is 24.3 Å². The van der Waals surface area contributed by atoms with E-state index >= 15 is 0 Å². The Labute approximate surface area is 124 Å². The molecule has 0 saturated carbocycles. The van der Waals surface area contributed by atoms with E-state index in [4.69, 9.17) is 0 Å². The summed E-state index contributed by atoms with van der Waals surface area (Å²) in [5.41, 5.74) is 2.94. The SMILES string of the molecule is CC(C)NCc1nnc(C2CCCc3ccccc32)s1. The first-order chi connectivity index (χ1) is 9.74. The van der Waals surface area contributed by atoms with Crippen LogP contribution < -0.4 is 5.32 Å². The van der Waals surface area contributed by atoms with E-state index < -0.39 is 0 Å². The molecule has 20 heavy (non-hydrogen) atoms. The molecule has 1 atom stereocenters. The Balaban J connectivity index is 1.80. The predicted molar refractivity (Wildman–Crippen MR) is 83.1 cm³/mol. The molecule has 2 aromatic rings. The molecule has 1 aromatic heterocycles. The fraction of sp³-hybridized carbons (Fsp3) is 0.500. The first-order valence-electron chi connectivity index (χ1n) is 7.37. The number of hydrogen-bond donors (Lipinski definition) is 1. The van der Waals surface area contributed by atoms with E-state index in [0.717, 1.165) is 11.6 Å². The Bertz CT molecular complexity index is 577. The lowest BCUT2D eigenvalue weighted by Crippen LogP contribution is -2.21. The zero-order valence-corrected chi connectivity index (χ0v) is 12.9. The molecular formula is C16H21N3S. The van der Waals surface area contributed by atoms with Crippen molar-refractivity contribution in [2.24, 2.45) is 0 Å². The van der Waals surface area contributed by atoms with Gasteiger partial charge in [-0.15, -0.1) is 10.2 Å². The molecule has 0 aliphatic heterocycles. The van der Waals surface area contributed by atoms with Gasteiger partial charge in [-0.25, -0.2) is 0 Å². The minimum absolute atomic E-state index is 0.449. The summed E-state index contributed by atoms with van der Waals surface area (Å²) in [5.74, 6) is 0.449. The summed E-state index contributed by atoms with van der Waals surface area (Å²) in [5, 5.41) is 14.5. The van der Waals surface area contributed by atoms with Gasteiger partial charge in [-0.1, -0.05) is 49.4 Å². The van der Waals surface area contributed by atoms with Gasteiger partial charge < -0.3 is 5.32 Å². The van der Waals surface area contributed by atoms with Gasteiger partial charge in [0.05, 0.1) is 0 Å². The summed E-state index contributed by atoms with van der Waals surface area (Å²) in [6.07, 6.45) is 3.65. The summed E-state index contributed by atoms with van der Waals surface area (Å²) in [6, 6.07) is 9.27. The molecule has 0 bridgehead atoms. The highest BCUT2D eigenvalue weighted by molar-refractivity contribution is 7.11. The monoisotopic (exact) mass is 287 g/mol. The number of aryl methyl sites for hydroxylation is 1. The third kappa shape index (κ3) is 2.91. The topological polar surface area (TPSA) is 37.8 Å². The number of nitrogens with zero attached hydrogens (tertiary/aromatic N) is 2. The number of aromatic nitrogens is 2. The van der Waals surface area contributed by atoms with Crippen LogP contribution in [0.3, 0.4) is 0 Å². The Morgan fingerprint density at radius 1 is 1.30 bits per heavy atom. The number of nitrogens with one attached hydrogen (secondary N) is 1. The standard InChI is InChI=1S/C16H21N3S/c1-11(2)17-10-15-18-19-16(20-15)14-9-5-7-12-6-3-4-8-13(12)14/h3-4,6,8,11,14,17H,5,7,9-10H2,1-2H3. The Hall–Kier alpha value is -1.26. The molecule has 1 aliphatic rings. The largest absolute Gasteiger partial charge is 0.308 e. The molecule has 3 rings (SSSR count). The molecule has 0 radical (unpaired) electrons. The van der Waals surface area contributed by atoms with Crippen LogP contribution in [0.5, 0.6) is 0 Å². The van der Waals surface area contributed by atoms with Gasteiger partial charge >= 0.3 is 0 Å². The first kappa shape index (κ1) is 13.7. The molecule has 3 nitrogen and oxygen atoms in total. The van der Waals surface area contributed by atoms with Crippen molar-refractivity contribution in [1.29, 1.82) is 0 Å². The van der Waals surface area contributed by atoms with Gasteiger partial charge in [0.15, 0.2) is 0 Å². The second-order valence-corrected chi connectivity index (χ2v) is 6.81.